The summed E-state index contributed by atoms with van der Waals surface area (Å²) in [7, 11) is 1.44. The predicted molar refractivity (Wildman–Crippen MR) is 131 cm³/mol. The lowest BCUT2D eigenvalue weighted by Gasteiger charge is -2.18. The van der Waals surface area contributed by atoms with Gasteiger partial charge in [0.05, 0.1) is 7.11 Å². The van der Waals surface area contributed by atoms with Crippen LogP contribution in [0.25, 0.3) is 11.1 Å². The number of carboxylic acids is 1. The van der Waals surface area contributed by atoms with E-state index in [0.717, 1.165) is 33.5 Å². The Kier molecular flexibility index (Phi) is 7.56. The van der Waals surface area contributed by atoms with Crippen LogP contribution in [0.15, 0.2) is 54.6 Å². The van der Waals surface area contributed by atoms with Gasteiger partial charge in [0.15, 0.2) is 11.6 Å². The number of carbonyl (C=O) groups is 2. The number of carboxylic acid groups (broad SMARTS) is 1. The van der Waals surface area contributed by atoms with Crippen LogP contribution in [0.5, 0.6) is 5.75 Å². The van der Waals surface area contributed by atoms with Crippen molar-refractivity contribution in [3.63, 3.8) is 0 Å². The third kappa shape index (κ3) is 5.54. The van der Waals surface area contributed by atoms with Gasteiger partial charge in [-0.15, -0.1) is 0 Å². The van der Waals surface area contributed by atoms with E-state index >= 15 is 0 Å². The van der Waals surface area contributed by atoms with Gasteiger partial charge in [0.1, 0.15) is 6.04 Å². The van der Waals surface area contributed by atoms with E-state index in [9.17, 15) is 14.0 Å². The van der Waals surface area contributed by atoms with Crippen molar-refractivity contribution in [1.82, 2.24) is 5.32 Å². The zero-order valence-corrected chi connectivity index (χ0v) is 19.9. The van der Waals surface area contributed by atoms with Gasteiger partial charge in [-0.3, -0.25) is 9.59 Å². The maximum Gasteiger partial charge on any atom is 0.325 e. The van der Waals surface area contributed by atoms with Crippen molar-refractivity contribution in [3.05, 3.63) is 82.7 Å². The molecule has 1 amide bonds. The number of rotatable bonds is 8. The Balaban J connectivity index is 1.84. The predicted octanol–water partition coefficient (Wildman–Crippen LogP) is 5.49. The summed E-state index contributed by atoms with van der Waals surface area (Å²) in [5, 5.41) is 15.0. The minimum atomic E-state index is -1.09. The molecule has 0 aliphatic rings. The van der Waals surface area contributed by atoms with E-state index in [1.165, 1.54) is 20.1 Å². The smallest absolute Gasteiger partial charge is 0.325 e. The zero-order chi connectivity index (χ0) is 25.0. The highest BCUT2D eigenvalue weighted by atomic mass is 19.1. The fraction of sp³-hybridized carbons (Fsp3) is 0.259. The van der Waals surface area contributed by atoms with Crippen molar-refractivity contribution in [2.24, 2.45) is 0 Å². The minimum Gasteiger partial charge on any atom is -0.494 e. The van der Waals surface area contributed by atoms with Gasteiger partial charge in [-0.2, -0.15) is 0 Å². The molecule has 3 N–H and O–H groups in total. The molecule has 6 nitrogen and oxygen atoms in total. The Hall–Kier alpha value is -3.87. The maximum absolute atomic E-state index is 13.7. The number of nitrogens with one attached hydrogen (secondary N) is 2. The number of ether oxygens (including phenoxy) is 1. The van der Waals surface area contributed by atoms with Crippen LogP contribution < -0.4 is 15.4 Å². The first-order chi connectivity index (χ1) is 16.1. The Morgan fingerprint density at radius 2 is 1.65 bits per heavy atom. The van der Waals surface area contributed by atoms with Gasteiger partial charge in [-0.1, -0.05) is 30.3 Å². The molecule has 0 spiro atoms. The molecular formula is C27H29FN2O4. The third-order valence-corrected chi connectivity index (χ3v) is 5.73. The van der Waals surface area contributed by atoms with Crippen molar-refractivity contribution in [2.75, 3.05) is 12.4 Å². The molecule has 3 rings (SSSR count). The first-order valence-electron chi connectivity index (χ1n) is 11.0. The maximum atomic E-state index is 13.7. The fourth-order valence-electron chi connectivity index (χ4n) is 3.89. The first kappa shape index (κ1) is 24.8. The average Bonchev–Trinajstić information content (AvgIpc) is 2.78. The van der Waals surface area contributed by atoms with Crippen LogP contribution in [-0.4, -0.2) is 30.1 Å². The van der Waals surface area contributed by atoms with Gasteiger partial charge in [-0.25, -0.2) is 4.39 Å². The van der Waals surface area contributed by atoms with Crippen LogP contribution in [0.1, 0.15) is 46.9 Å². The summed E-state index contributed by atoms with van der Waals surface area (Å²) in [6.07, 6.45) is 0. The molecule has 0 fully saturated rings. The van der Waals surface area contributed by atoms with Crippen LogP contribution >= 0.6 is 0 Å². The molecule has 0 heterocycles. The molecule has 2 atom stereocenters. The summed E-state index contributed by atoms with van der Waals surface area (Å²) in [4.78, 5) is 23.7. The molecule has 0 aliphatic heterocycles. The summed E-state index contributed by atoms with van der Waals surface area (Å²) >= 11 is 0. The molecule has 0 saturated heterocycles. The Morgan fingerprint density at radius 1 is 0.971 bits per heavy atom. The molecule has 0 aromatic heterocycles. The lowest BCUT2D eigenvalue weighted by molar-refractivity contribution is -0.138. The highest BCUT2D eigenvalue weighted by Gasteiger charge is 2.19. The van der Waals surface area contributed by atoms with E-state index in [-0.39, 0.29) is 11.8 Å². The van der Waals surface area contributed by atoms with Crippen LogP contribution in [0, 0.1) is 19.7 Å². The van der Waals surface area contributed by atoms with E-state index < -0.39 is 23.7 Å². The van der Waals surface area contributed by atoms with Gasteiger partial charge >= 0.3 is 5.97 Å². The van der Waals surface area contributed by atoms with Gasteiger partial charge in [0, 0.05) is 17.3 Å². The van der Waals surface area contributed by atoms with E-state index in [2.05, 4.69) is 10.6 Å². The lowest BCUT2D eigenvalue weighted by Crippen LogP contribution is -2.38. The Labute approximate surface area is 198 Å². The van der Waals surface area contributed by atoms with Gasteiger partial charge in [0.25, 0.3) is 5.91 Å². The number of halogens is 1. The molecule has 34 heavy (non-hydrogen) atoms. The molecule has 3 aromatic rings. The van der Waals surface area contributed by atoms with Crippen molar-refractivity contribution in [3.8, 4) is 16.9 Å². The van der Waals surface area contributed by atoms with Crippen molar-refractivity contribution < 1.29 is 23.8 Å². The molecule has 0 saturated carbocycles. The first-order valence-corrected chi connectivity index (χ1v) is 11.0. The van der Waals surface area contributed by atoms with E-state index in [0.29, 0.717) is 5.56 Å². The summed E-state index contributed by atoms with van der Waals surface area (Å²) < 4.78 is 18.8. The van der Waals surface area contributed by atoms with Crippen LogP contribution in [0.3, 0.4) is 0 Å². The number of aliphatic carboxylic acids is 1. The molecule has 0 radical (unpaired) electrons. The van der Waals surface area contributed by atoms with E-state index in [1.54, 1.807) is 12.1 Å². The number of hydrogen-bond acceptors (Lipinski definition) is 4. The largest absolute Gasteiger partial charge is 0.494 e. The van der Waals surface area contributed by atoms with Crippen molar-refractivity contribution in [2.45, 2.75) is 39.8 Å². The second-order valence-electron chi connectivity index (χ2n) is 8.36. The lowest BCUT2D eigenvalue weighted by atomic mass is 9.94. The zero-order valence-electron chi connectivity index (χ0n) is 19.9. The molecule has 3 aromatic carbocycles. The Bertz CT molecular complexity index is 1200. The fourth-order valence-corrected chi connectivity index (χ4v) is 3.89. The number of methoxy groups -OCH3 is 1. The molecule has 7 heteroatoms. The van der Waals surface area contributed by atoms with E-state index in [1.807, 2.05) is 57.2 Å². The minimum absolute atomic E-state index is 0.0875. The van der Waals surface area contributed by atoms with Crippen LogP contribution in [0.2, 0.25) is 0 Å². The number of amides is 1. The second-order valence-corrected chi connectivity index (χ2v) is 8.36. The molecule has 0 bridgehead atoms. The molecule has 178 valence electrons. The summed E-state index contributed by atoms with van der Waals surface area (Å²) in [5.41, 5.74) is 5.68. The number of carbonyl (C=O) groups excluding carboxylic acids is 1. The van der Waals surface area contributed by atoms with Crippen molar-refractivity contribution >= 4 is 17.6 Å². The number of aryl methyl sites for hydroxylation is 2. The second kappa shape index (κ2) is 10.4. The highest BCUT2D eigenvalue weighted by molar-refractivity contribution is 5.99. The van der Waals surface area contributed by atoms with Crippen LogP contribution in [0.4, 0.5) is 10.1 Å². The van der Waals surface area contributed by atoms with E-state index in [4.69, 9.17) is 9.84 Å². The molecule has 2 unspecified atom stereocenters. The topological polar surface area (TPSA) is 87.7 Å². The van der Waals surface area contributed by atoms with Crippen LogP contribution in [-0.2, 0) is 4.79 Å². The highest BCUT2D eigenvalue weighted by Crippen LogP contribution is 2.30. The quantitative estimate of drug-likeness (QED) is 0.410. The number of hydrogen-bond donors (Lipinski definition) is 3. The SMILES string of the molecule is COc1cc(C(C)Nc2cccc(-c3cc(C)c(C(=O)NC(C)C(=O)O)c(C)c3)c2)ccc1F. The average molecular weight is 465 g/mol. The van der Waals surface area contributed by atoms with Gasteiger partial charge in [-0.05, 0) is 79.8 Å². The van der Waals surface area contributed by atoms with Gasteiger partial charge < -0.3 is 20.5 Å². The Morgan fingerprint density at radius 3 is 2.26 bits per heavy atom. The summed E-state index contributed by atoms with van der Waals surface area (Å²) in [6, 6.07) is 15.5. The number of anilines is 1. The monoisotopic (exact) mass is 464 g/mol. The number of benzene rings is 3. The standard InChI is InChI=1S/C27H29FN2O4/c1-15-11-21(12-16(2)25(15)26(31)30-18(4)27(32)33)20-7-6-8-22(13-20)29-17(3)19-9-10-23(28)24(14-19)34-5/h6-14,17-18,29H,1-5H3,(H,30,31)(H,32,33). The third-order valence-electron chi connectivity index (χ3n) is 5.73. The molecule has 0 aliphatic carbocycles. The summed E-state index contributed by atoms with van der Waals surface area (Å²) in [6.45, 7) is 7.09. The van der Waals surface area contributed by atoms with Gasteiger partial charge in [0.2, 0.25) is 0 Å². The normalized spacial score (nSPS) is 12.5. The summed E-state index contributed by atoms with van der Waals surface area (Å²) in [5.74, 6) is -1.69. The molecular weight excluding hydrogens is 435 g/mol. The van der Waals surface area contributed by atoms with Crippen molar-refractivity contribution in [1.29, 1.82) is 0 Å².